The topological polar surface area (TPSA) is 74.1 Å². The van der Waals surface area contributed by atoms with Crippen LogP contribution in [0, 0.1) is 0 Å². The Morgan fingerprint density at radius 1 is 1.31 bits per heavy atom. The van der Waals surface area contributed by atoms with Crippen molar-refractivity contribution in [3.05, 3.63) is 56.7 Å². The van der Waals surface area contributed by atoms with Crippen LogP contribution in [0.4, 0.5) is 0 Å². The van der Waals surface area contributed by atoms with Gasteiger partial charge in [0.1, 0.15) is 5.75 Å². The number of benzene rings is 1. The summed E-state index contributed by atoms with van der Waals surface area (Å²) < 4.78 is 5.41. The molecule has 0 radical (unpaired) electrons. The summed E-state index contributed by atoms with van der Waals surface area (Å²) in [6, 6.07) is 7.68. The highest BCUT2D eigenvalue weighted by molar-refractivity contribution is 7.10. The number of amides is 1. The Bertz CT molecular complexity index is 940. The van der Waals surface area contributed by atoms with Gasteiger partial charge in [0.05, 0.1) is 44.9 Å². The van der Waals surface area contributed by atoms with Crippen molar-refractivity contribution >= 4 is 40.4 Å². The third kappa shape index (κ3) is 4.32. The van der Waals surface area contributed by atoms with E-state index < -0.39 is 23.5 Å². The number of quaternary nitrogens is 1. The maximum atomic E-state index is 13.3. The van der Waals surface area contributed by atoms with Crippen molar-refractivity contribution < 1.29 is 24.3 Å². The van der Waals surface area contributed by atoms with E-state index in [2.05, 4.69) is 0 Å². The number of likely N-dealkylation sites (tertiary alicyclic amines) is 1. The van der Waals surface area contributed by atoms with Gasteiger partial charge in [0.25, 0.3) is 5.91 Å². The van der Waals surface area contributed by atoms with E-state index in [4.69, 9.17) is 16.3 Å². The zero-order valence-electron chi connectivity index (χ0n) is 16.5. The highest BCUT2D eigenvalue weighted by atomic mass is 35.5. The first-order valence-corrected chi connectivity index (χ1v) is 10.6. The van der Waals surface area contributed by atoms with Crippen LogP contribution >= 0.6 is 22.9 Å². The number of carbonyl (C=O) groups excluding carboxylic acids is 2. The SMILES string of the molecule is CCOc1ccc(C([O-])=C2C(=O)C(=O)N(CC[NH+](C)C)C2c2cccs2)cc1Cl. The van der Waals surface area contributed by atoms with Crippen LogP contribution in [0.3, 0.4) is 0 Å². The van der Waals surface area contributed by atoms with Crippen LogP contribution in [-0.4, -0.2) is 50.4 Å². The number of nitrogens with zero attached hydrogens (tertiary/aromatic N) is 1. The Morgan fingerprint density at radius 3 is 2.66 bits per heavy atom. The zero-order chi connectivity index (χ0) is 21.1. The molecular formula is C21H23ClN2O4S. The van der Waals surface area contributed by atoms with Gasteiger partial charge < -0.3 is 19.6 Å². The predicted octanol–water partition coefficient (Wildman–Crippen LogP) is 1.17. The van der Waals surface area contributed by atoms with Gasteiger partial charge in [-0.15, -0.1) is 11.3 Å². The first-order valence-electron chi connectivity index (χ1n) is 9.36. The summed E-state index contributed by atoms with van der Waals surface area (Å²) >= 11 is 7.64. The summed E-state index contributed by atoms with van der Waals surface area (Å²) in [4.78, 5) is 29.0. The van der Waals surface area contributed by atoms with Crippen LogP contribution in [0.5, 0.6) is 5.75 Å². The van der Waals surface area contributed by atoms with Crippen molar-refractivity contribution in [3.8, 4) is 5.75 Å². The molecule has 1 aliphatic heterocycles. The molecule has 2 aromatic rings. The van der Waals surface area contributed by atoms with Gasteiger partial charge in [-0.25, -0.2) is 0 Å². The lowest BCUT2D eigenvalue weighted by atomic mass is 10.00. The molecule has 1 unspecified atom stereocenters. The highest BCUT2D eigenvalue weighted by Gasteiger charge is 2.44. The van der Waals surface area contributed by atoms with Crippen molar-refractivity contribution in [1.29, 1.82) is 0 Å². The van der Waals surface area contributed by atoms with E-state index in [9.17, 15) is 14.7 Å². The number of ketones is 1. The Balaban J connectivity index is 2.08. The quantitative estimate of drug-likeness (QED) is 0.403. The number of hydrogen-bond donors (Lipinski definition) is 1. The molecule has 3 rings (SSSR count). The Hall–Kier alpha value is -2.35. The molecular weight excluding hydrogens is 412 g/mol. The number of Topliss-reactive ketones (excluding diaryl/α,β-unsaturated/α-hetero) is 1. The summed E-state index contributed by atoms with van der Waals surface area (Å²) in [7, 11) is 3.94. The molecule has 1 aliphatic rings. The first kappa shape index (κ1) is 21.4. The normalized spacial score (nSPS) is 18.7. The molecule has 154 valence electrons. The van der Waals surface area contributed by atoms with Crippen LogP contribution in [0.1, 0.15) is 23.4 Å². The molecule has 1 N–H and O–H groups in total. The summed E-state index contributed by atoms with van der Waals surface area (Å²) in [5, 5.41) is 15.4. The van der Waals surface area contributed by atoms with Gasteiger partial charge in [-0.2, -0.15) is 0 Å². The lowest BCUT2D eigenvalue weighted by molar-refractivity contribution is -0.857. The van der Waals surface area contributed by atoms with Gasteiger partial charge in [0.2, 0.25) is 5.78 Å². The van der Waals surface area contributed by atoms with Crippen molar-refractivity contribution in [2.24, 2.45) is 0 Å². The summed E-state index contributed by atoms with van der Waals surface area (Å²) in [5.74, 6) is -1.39. The van der Waals surface area contributed by atoms with E-state index in [1.165, 1.54) is 22.3 Å². The summed E-state index contributed by atoms with van der Waals surface area (Å²) in [6.07, 6.45) is 0. The minimum absolute atomic E-state index is 0.0218. The Kier molecular flexibility index (Phi) is 6.62. The van der Waals surface area contributed by atoms with E-state index in [1.807, 2.05) is 38.5 Å². The molecule has 29 heavy (non-hydrogen) atoms. The molecule has 1 saturated heterocycles. The van der Waals surface area contributed by atoms with Gasteiger partial charge in [-0.3, -0.25) is 9.59 Å². The monoisotopic (exact) mass is 434 g/mol. The average molecular weight is 435 g/mol. The second kappa shape index (κ2) is 8.98. The second-order valence-electron chi connectivity index (χ2n) is 7.02. The molecule has 0 saturated carbocycles. The molecule has 6 nitrogen and oxygen atoms in total. The van der Waals surface area contributed by atoms with Crippen LogP contribution in [-0.2, 0) is 9.59 Å². The third-order valence-corrected chi connectivity index (χ3v) is 5.91. The van der Waals surface area contributed by atoms with E-state index >= 15 is 0 Å². The third-order valence-electron chi connectivity index (χ3n) is 4.69. The standard InChI is InChI=1S/C21H23ClN2O4S/c1-4-28-15-8-7-13(12-14(15)22)19(25)17-18(16-6-5-11-29-16)24(10-9-23(2)3)21(27)20(17)26/h5-8,11-12,18,25H,4,9-10H2,1-3H3. The molecule has 0 spiro atoms. The van der Waals surface area contributed by atoms with Crippen LogP contribution in [0.25, 0.3) is 5.76 Å². The van der Waals surface area contributed by atoms with E-state index in [0.29, 0.717) is 25.4 Å². The highest BCUT2D eigenvalue weighted by Crippen LogP contribution is 2.40. The minimum Gasteiger partial charge on any atom is -0.872 e. The first-order chi connectivity index (χ1) is 13.8. The lowest BCUT2D eigenvalue weighted by Crippen LogP contribution is -3.06. The van der Waals surface area contributed by atoms with Gasteiger partial charge in [0.15, 0.2) is 0 Å². The van der Waals surface area contributed by atoms with E-state index in [0.717, 1.165) is 9.78 Å². The molecule has 1 aromatic heterocycles. The molecule has 0 aliphatic carbocycles. The number of ether oxygens (including phenoxy) is 1. The zero-order valence-corrected chi connectivity index (χ0v) is 18.1. The minimum atomic E-state index is -0.743. The summed E-state index contributed by atoms with van der Waals surface area (Å²) in [6.45, 7) is 3.33. The molecule has 1 amide bonds. The van der Waals surface area contributed by atoms with E-state index in [1.54, 1.807) is 12.1 Å². The van der Waals surface area contributed by atoms with Crippen LogP contribution < -0.4 is 14.7 Å². The van der Waals surface area contributed by atoms with Crippen LogP contribution in [0.2, 0.25) is 5.02 Å². The molecule has 1 aromatic carbocycles. The number of halogens is 1. The van der Waals surface area contributed by atoms with Gasteiger partial charge in [0, 0.05) is 10.5 Å². The number of thiophene rings is 1. The number of carbonyl (C=O) groups is 2. The van der Waals surface area contributed by atoms with Gasteiger partial charge >= 0.3 is 0 Å². The van der Waals surface area contributed by atoms with Crippen molar-refractivity contribution in [2.75, 3.05) is 33.8 Å². The number of rotatable bonds is 7. The average Bonchev–Trinajstić information content (AvgIpc) is 3.29. The number of hydrogen-bond acceptors (Lipinski definition) is 5. The van der Waals surface area contributed by atoms with Crippen LogP contribution in [0.15, 0.2) is 41.3 Å². The van der Waals surface area contributed by atoms with Gasteiger partial charge in [-0.05, 0) is 36.1 Å². The Labute approximate surface area is 179 Å². The fourth-order valence-electron chi connectivity index (χ4n) is 3.26. The molecule has 8 heteroatoms. The lowest BCUT2D eigenvalue weighted by Gasteiger charge is -2.26. The van der Waals surface area contributed by atoms with Crippen molar-refractivity contribution in [2.45, 2.75) is 13.0 Å². The maximum Gasteiger partial charge on any atom is 0.295 e. The number of likely N-dealkylation sites (N-methyl/N-ethyl adjacent to an activating group) is 1. The maximum absolute atomic E-state index is 13.3. The predicted molar refractivity (Wildman–Crippen MR) is 111 cm³/mol. The Morgan fingerprint density at radius 2 is 2.07 bits per heavy atom. The molecule has 2 heterocycles. The molecule has 1 atom stereocenters. The van der Waals surface area contributed by atoms with Gasteiger partial charge in [-0.1, -0.05) is 29.5 Å². The summed E-state index contributed by atoms with van der Waals surface area (Å²) in [5.41, 5.74) is 0.239. The molecule has 0 bridgehead atoms. The number of nitrogens with one attached hydrogen (secondary N) is 1. The molecule has 1 fully saturated rings. The second-order valence-corrected chi connectivity index (χ2v) is 8.41. The smallest absolute Gasteiger partial charge is 0.295 e. The van der Waals surface area contributed by atoms with E-state index in [-0.39, 0.29) is 16.2 Å². The fraction of sp³-hybridized carbons (Fsp3) is 0.333. The fourth-order valence-corrected chi connectivity index (χ4v) is 4.34. The largest absolute Gasteiger partial charge is 0.872 e. The van der Waals surface area contributed by atoms with Crippen molar-refractivity contribution in [1.82, 2.24) is 4.90 Å². The van der Waals surface area contributed by atoms with Crippen molar-refractivity contribution in [3.63, 3.8) is 0 Å².